The standard InChI is InChI=1S/C14H27N3O/c1-4-17-9-5-6-12(17)10-16(3)14(18)13-7-8-15-11(13)2/h11-13,15H,4-10H2,1-3H3. The van der Waals surface area contributed by atoms with E-state index in [1.807, 2.05) is 11.9 Å². The van der Waals surface area contributed by atoms with Gasteiger partial charge in [0.15, 0.2) is 0 Å². The molecular formula is C14H27N3O. The van der Waals surface area contributed by atoms with Crippen LogP contribution in [0.4, 0.5) is 0 Å². The summed E-state index contributed by atoms with van der Waals surface area (Å²) < 4.78 is 0. The van der Waals surface area contributed by atoms with Crippen LogP contribution in [0.15, 0.2) is 0 Å². The Bertz CT molecular complexity index is 295. The first-order valence-electron chi connectivity index (χ1n) is 7.36. The summed E-state index contributed by atoms with van der Waals surface area (Å²) in [4.78, 5) is 16.9. The van der Waals surface area contributed by atoms with Crippen LogP contribution < -0.4 is 5.32 Å². The number of carbonyl (C=O) groups excluding carboxylic acids is 1. The number of likely N-dealkylation sites (N-methyl/N-ethyl adjacent to an activating group) is 2. The second-order valence-corrected chi connectivity index (χ2v) is 5.78. The van der Waals surface area contributed by atoms with E-state index in [2.05, 4.69) is 24.1 Å². The second-order valence-electron chi connectivity index (χ2n) is 5.78. The number of nitrogens with one attached hydrogen (secondary N) is 1. The fourth-order valence-corrected chi connectivity index (χ4v) is 3.40. The summed E-state index contributed by atoms with van der Waals surface area (Å²) in [5, 5.41) is 3.36. The molecule has 2 saturated heterocycles. The van der Waals surface area contributed by atoms with Gasteiger partial charge in [0.2, 0.25) is 5.91 Å². The molecule has 1 N–H and O–H groups in total. The van der Waals surface area contributed by atoms with Gasteiger partial charge in [-0.15, -0.1) is 0 Å². The number of nitrogens with zero attached hydrogens (tertiary/aromatic N) is 2. The van der Waals surface area contributed by atoms with E-state index < -0.39 is 0 Å². The molecule has 3 unspecified atom stereocenters. The number of amides is 1. The van der Waals surface area contributed by atoms with Gasteiger partial charge < -0.3 is 10.2 Å². The van der Waals surface area contributed by atoms with E-state index in [0.717, 1.165) is 26.1 Å². The molecule has 4 nitrogen and oxygen atoms in total. The molecule has 3 atom stereocenters. The Kier molecular flexibility index (Phi) is 4.62. The molecule has 0 spiro atoms. The van der Waals surface area contributed by atoms with Crippen LogP contribution in [0, 0.1) is 5.92 Å². The third-order valence-electron chi connectivity index (χ3n) is 4.61. The normalized spacial score (nSPS) is 32.9. The zero-order valence-corrected chi connectivity index (χ0v) is 12.0. The summed E-state index contributed by atoms with van der Waals surface area (Å²) in [7, 11) is 1.97. The average molecular weight is 253 g/mol. The van der Waals surface area contributed by atoms with Crippen molar-refractivity contribution in [2.24, 2.45) is 5.92 Å². The highest BCUT2D eigenvalue weighted by atomic mass is 16.2. The van der Waals surface area contributed by atoms with Crippen LogP contribution in [-0.4, -0.2) is 61.0 Å². The number of hydrogen-bond acceptors (Lipinski definition) is 3. The van der Waals surface area contributed by atoms with E-state index in [1.54, 1.807) is 0 Å². The SMILES string of the molecule is CCN1CCCC1CN(C)C(=O)C1CCNC1C. The lowest BCUT2D eigenvalue weighted by atomic mass is 10.0. The van der Waals surface area contributed by atoms with Crippen LogP contribution in [0.2, 0.25) is 0 Å². The summed E-state index contributed by atoms with van der Waals surface area (Å²) in [5.74, 6) is 0.516. The third-order valence-corrected chi connectivity index (χ3v) is 4.61. The van der Waals surface area contributed by atoms with E-state index in [1.165, 1.54) is 19.4 Å². The van der Waals surface area contributed by atoms with Gasteiger partial charge in [0.1, 0.15) is 0 Å². The van der Waals surface area contributed by atoms with Crippen LogP contribution in [0.5, 0.6) is 0 Å². The molecule has 0 aromatic carbocycles. The molecule has 18 heavy (non-hydrogen) atoms. The van der Waals surface area contributed by atoms with Gasteiger partial charge in [-0.2, -0.15) is 0 Å². The molecule has 0 aromatic heterocycles. The van der Waals surface area contributed by atoms with Gasteiger partial charge in [0.25, 0.3) is 0 Å². The fraction of sp³-hybridized carbons (Fsp3) is 0.929. The molecule has 2 aliphatic heterocycles. The molecule has 0 radical (unpaired) electrons. The van der Waals surface area contributed by atoms with Crippen molar-refractivity contribution < 1.29 is 4.79 Å². The second kappa shape index (κ2) is 6.02. The van der Waals surface area contributed by atoms with Crippen molar-refractivity contribution in [2.75, 3.05) is 33.2 Å². The van der Waals surface area contributed by atoms with Gasteiger partial charge >= 0.3 is 0 Å². The Hall–Kier alpha value is -0.610. The summed E-state index contributed by atoms with van der Waals surface area (Å²) in [6, 6.07) is 0.916. The van der Waals surface area contributed by atoms with Crippen LogP contribution in [-0.2, 0) is 4.79 Å². The van der Waals surface area contributed by atoms with Crippen molar-refractivity contribution in [3.8, 4) is 0 Å². The van der Waals surface area contributed by atoms with Crippen LogP contribution in [0.1, 0.15) is 33.1 Å². The maximum Gasteiger partial charge on any atom is 0.227 e. The van der Waals surface area contributed by atoms with Crippen molar-refractivity contribution >= 4 is 5.91 Å². The van der Waals surface area contributed by atoms with Crippen LogP contribution >= 0.6 is 0 Å². The van der Waals surface area contributed by atoms with Gasteiger partial charge in [-0.25, -0.2) is 0 Å². The molecule has 0 aliphatic carbocycles. The summed E-state index contributed by atoms with van der Waals surface area (Å²) in [5.41, 5.74) is 0. The minimum absolute atomic E-state index is 0.187. The van der Waals surface area contributed by atoms with Gasteiger partial charge in [-0.1, -0.05) is 6.92 Å². The Morgan fingerprint density at radius 1 is 1.44 bits per heavy atom. The van der Waals surface area contributed by atoms with Crippen molar-refractivity contribution in [3.63, 3.8) is 0 Å². The predicted octanol–water partition coefficient (Wildman–Crippen LogP) is 0.927. The van der Waals surface area contributed by atoms with E-state index in [9.17, 15) is 4.79 Å². The molecule has 2 heterocycles. The van der Waals surface area contributed by atoms with Crippen molar-refractivity contribution in [1.82, 2.24) is 15.1 Å². The van der Waals surface area contributed by atoms with E-state index in [-0.39, 0.29) is 5.92 Å². The molecule has 4 heteroatoms. The molecule has 2 aliphatic rings. The van der Waals surface area contributed by atoms with Gasteiger partial charge in [0, 0.05) is 25.7 Å². The quantitative estimate of drug-likeness (QED) is 0.809. The van der Waals surface area contributed by atoms with Gasteiger partial charge in [-0.3, -0.25) is 9.69 Å². The largest absolute Gasteiger partial charge is 0.344 e. The average Bonchev–Trinajstić information content (AvgIpc) is 2.96. The molecule has 1 amide bonds. The monoisotopic (exact) mass is 253 g/mol. The highest BCUT2D eigenvalue weighted by molar-refractivity contribution is 5.79. The summed E-state index contributed by atoms with van der Waals surface area (Å²) >= 11 is 0. The Morgan fingerprint density at radius 3 is 2.83 bits per heavy atom. The minimum atomic E-state index is 0.187. The predicted molar refractivity (Wildman–Crippen MR) is 73.5 cm³/mol. The van der Waals surface area contributed by atoms with Crippen molar-refractivity contribution in [1.29, 1.82) is 0 Å². The first-order valence-corrected chi connectivity index (χ1v) is 7.36. The lowest BCUT2D eigenvalue weighted by Crippen LogP contribution is -2.44. The molecule has 0 saturated carbocycles. The van der Waals surface area contributed by atoms with E-state index in [4.69, 9.17) is 0 Å². The first-order chi connectivity index (χ1) is 8.63. The summed E-state index contributed by atoms with van der Waals surface area (Å²) in [6.07, 6.45) is 3.51. The lowest BCUT2D eigenvalue weighted by Gasteiger charge is -2.30. The number of rotatable bonds is 4. The van der Waals surface area contributed by atoms with E-state index in [0.29, 0.717) is 18.0 Å². The molecule has 2 rings (SSSR count). The Morgan fingerprint density at radius 2 is 2.22 bits per heavy atom. The highest BCUT2D eigenvalue weighted by Gasteiger charge is 2.33. The topological polar surface area (TPSA) is 35.6 Å². The summed E-state index contributed by atoms with van der Waals surface area (Å²) in [6.45, 7) is 8.52. The minimum Gasteiger partial charge on any atom is -0.344 e. The van der Waals surface area contributed by atoms with E-state index >= 15 is 0 Å². The Balaban J connectivity index is 1.87. The number of carbonyl (C=O) groups is 1. The maximum absolute atomic E-state index is 12.4. The molecule has 2 fully saturated rings. The van der Waals surface area contributed by atoms with Crippen molar-refractivity contribution in [3.05, 3.63) is 0 Å². The Labute approximate surface area is 111 Å². The molecule has 0 aromatic rings. The van der Waals surface area contributed by atoms with Gasteiger partial charge in [-0.05, 0) is 45.8 Å². The first kappa shape index (κ1) is 13.8. The number of likely N-dealkylation sites (tertiary alicyclic amines) is 1. The fourth-order valence-electron chi connectivity index (χ4n) is 3.40. The van der Waals surface area contributed by atoms with Crippen LogP contribution in [0.25, 0.3) is 0 Å². The molecule has 0 bridgehead atoms. The zero-order chi connectivity index (χ0) is 13.1. The van der Waals surface area contributed by atoms with Gasteiger partial charge in [0.05, 0.1) is 5.92 Å². The third kappa shape index (κ3) is 2.86. The zero-order valence-electron chi connectivity index (χ0n) is 12.0. The van der Waals surface area contributed by atoms with Crippen LogP contribution in [0.3, 0.4) is 0 Å². The maximum atomic E-state index is 12.4. The number of hydrogen-bond donors (Lipinski definition) is 1. The molecular weight excluding hydrogens is 226 g/mol. The smallest absolute Gasteiger partial charge is 0.227 e. The highest BCUT2D eigenvalue weighted by Crippen LogP contribution is 2.21. The van der Waals surface area contributed by atoms with Crippen molar-refractivity contribution in [2.45, 2.75) is 45.2 Å². The lowest BCUT2D eigenvalue weighted by molar-refractivity contribution is -0.135. The molecule has 104 valence electrons.